The van der Waals surface area contributed by atoms with Crippen molar-refractivity contribution in [3.05, 3.63) is 0 Å². The molecule has 0 bridgehead atoms. The molecule has 2 fully saturated rings. The van der Waals surface area contributed by atoms with Gasteiger partial charge in [0.15, 0.2) is 0 Å². The number of nitrogens with zero attached hydrogens (tertiary/aromatic N) is 4. The smallest absolute Gasteiger partial charge is 0.339 e. The van der Waals surface area contributed by atoms with Crippen LogP contribution in [0.2, 0.25) is 0 Å². The van der Waals surface area contributed by atoms with Crippen molar-refractivity contribution in [2.75, 3.05) is 52.4 Å². The molecular weight excluding hydrogens is 462 g/mol. The summed E-state index contributed by atoms with van der Waals surface area (Å²) in [6.07, 6.45) is -11.9. The minimum absolute atomic E-state index is 0.0108. The number of alkyl halides is 6. The normalized spacial score (nSPS) is 17.9. The zero-order chi connectivity index (χ0) is 24.8. The summed E-state index contributed by atoms with van der Waals surface area (Å²) in [7, 11) is 0. The minimum atomic E-state index is -4.58. The van der Waals surface area contributed by atoms with Gasteiger partial charge in [-0.2, -0.15) is 26.3 Å². The number of rotatable bonds is 6. The van der Waals surface area contributed by atoms with Crippen LogP contribution in [0.3, 0.4) is 0 Å². The van der Waals surface area contributed by atoms with E-state index in [1.165, 1.54) is 9.80 Å². The molecule has 0 spiro atoms. The Morgan fingerprint density at radius 2 is 0.727 bits per heavy atom. The lowest BCUT2D eigenvalue weighted by molar-refractivity contribution is -0.164. The molecule has 0 aromatic carbocycles. The van der Waals surface area contributed by atoms with Crippen LogP contribution in [0.1, 0.15) is 32.1 Å². The van der Waals surface area contributed by atoms with Crippen LogP contribution in [0.15, 0.2) is 0 Å². The zero-order valence-corrected chi connectivity index (χ0v) is 17.9. The molecule has 0 atom stereocenters. The molecule has 2 saturated heterocycles. The van der Waals surface area contributed by atoms with E-state index < -0.39 is 37.0 Å². The van der Waals surface area contributed by atoms with Gasteiger partial charge < -0.3 is 19.6 Å². The Balaban J connectivity index is 1.64. The van der Waals surface area contributed by atoms with Crippen LogP contribution >= 0.6 is 0 Å². The van der Waals surface area contributed by atoms with Crippen LogP contribution in [0.4, 0.5) is 26.3 Å². The minimum Gasteiger partial charge on any atom is -0.339 e. The largest absolute Gasteiger partial charge is 0.397 e. The van der Waals surface area contributed by atoms with E-state index in [0.29, 0.717) is 0 Å². The number of halogens is 6. The Kier molecular flexibility index (Phi) is 8.95. The first-order chi connectivity index (χ1) is 15.2. The fourth-order valence-electron chi connectivity index (χ4n) is 3.68. The van der Waals surface area contributed by atoms with E-state index in [9.17, 15) is 45.5 Å². The van der Waals surface area contributed by atoms with Crippen molar-refractivity contribution in [2.45, 2.75) is 44.5 Å². The third-order valence-corrected chi connectivity index (χ3v) is 5.45. The van der Waals surface area contributed by atoms with Crippen molar-refractivity contribution >= 4 is 23.6 Å². The molecule has 0 aliphatic carbocycles. The molecule has 2 aliphatic heterocycles. The summed E-state index contributed by atoms with van der Waals surface area (Å²) in [6, 6.07) is 0. The number of piperazine rings is 2. The van der Waals surface area contributed by atoms with Crippen molar-refractivity contribution in [3.8, 4) is 0 Å². The zero-order valence-electron chi connectivity index (χ0n) is 17.9. The summed E-state index contributed by atoms with van der Waals surface area (Å²) in [4.78, 5) is 52.8. The van der Waals surface area contributed by atoms with E-state index in [2.05, 4.69) is 0 Å². The first-order valence-corrected chi connectivity index (χ1v) is 10.5. The van der Waals surface area contributed by atoms with Gasteiger partial charge in [-0.15, -0.1) is 0 Å². The third kappa shape index (κ3) is 9.08. The second-order valence-corrected chi connectivity index (χ2v) is 7.96. The lowest BCUT2D eigenvalue weighted by Crippen LogP contribution is -2.51. The van der Waals surface area contributed by atoms with Gasteiger partial charge in [0.1, 0.15) is 12.8 Å². The highest BCUT2D eigenvalue weighted by molar-refractivity contribution is 5.81. The number of carbonyl (C=O) groups is 4. The molecule has 4 amide bonds. The van der Waals surface area contributed by atoms with Crippen LogP contribution in [0, 0.1) is 0 Å². The van der Waals surface area contributed by atoms with Gasteiger partial charge in [0.25, 0.3) is 0 Å². The number of hydrogen-bond acceptors (Lipinski definition) is 4. The molecule has 2 aliphatic rings. The van der Waals surface area contributed by atoms with Crippen molar-refractivity contribution in [1.82, 2.24) is 19.6 Å². The van der Waals surface area contributed by atoms with Crippen LogP contribution in [-0.4, -0.2) is 108 Å². The Morgan fingerprint density at radius 1 is 0.485 bits per heavy atom. The second-order valence-electron chi connectivity index (χ2n) is 7.96. The quantitative estimate of drug-likeness (QED) is 0.530. The van der Waals surface area contributed by atoms with Gasteiger partial charge in [0.2, 0.25) is 23.6 Å². The molecule has 0 unspecified atom stereocenters. The highest BCUT2D eigenvalue weighted by Crippen LogP contribution is 2.22. The van der Waals surface area contributed by atoms with Gasteiger partial charge in [0.05, 0.1) is 0 Å². The first-order valence-electron chi connectivity index (χ1n) is 10.5. The topological polar surface area (TPSA) is 81.2 Å². The number of hydrogen-bond donors (Lipinski definition) is 0. The standard InChI is InChI=1S/C19H26F6N4O4/c20-18(21,22)12-16(32)28-8-4-26(5-9-28)14(30)2-1-3-15(31)27-6-10-29(11-7-27)17(33)13-19(23,24)25/h1-13H2. The van der Waals surface area contributed by atoms with E-state index >= 15 is 0 Å². The van der Waals surface area contributed by atoms with Gasteiger partial charge in [-0.25, -0.2) is 0 Å². The van der Waals surface area contributed by atoms with Crippen molar-refractivity contribution < 1.29 is 45.5 Å². The summed E-state index contributed by atoms with van der Waals surface area (Å²) in [6.45, 7) is 0.505. The third-order valence-electron chi connectivity index (χ3n) is 5.45. The molecule has 2 rings (SSSR count). The Bertz CT molecular complexity index is 667. The highest BCUT2D eigenvalue weighted by Gasteiger charge is 2.36. The monoisotopic (exact) mass is 488 g/mol. The van der Waals surface area contributed by atoms with Crippen LogP contribution < -0.4 is 0 Å². The van der Waals surface area contributed by atoms with Gasteiger partial charge in [-0.1, -0.05) is 0 Å². The van der Waals surface area contributed by atoms with E-state index in [-0.39, 0.29) is 83.4 Å². The summed E-state index contributed by atoms with van der Waals surface area (Å²) in [5.74, 6) is -2.60. The Morgan fingerprint density at radius 3 is 0.970 bits per heavy atom. The van der Waals surface area contributed by atoms with Crippen molar-refractivity contribution in [1.29, 1.82) is 0 Å². The molecule has 188 valence electrons. The van der Waals surface area contributed by atoms with Crippen LogP contribution in [-0.2, 0) is 19.2 Å². The highest BCUT2D eigenvalue weighted by atomic mass is 19.4. The Hall–Kier alpha value is -2.54. The lowest BCUT2D eigenvalue weighted by Gasteiger charge is -2.35. The fraction of sp³-hybridized carbons (Fsp3) is 0.789. The molecular formula is C19H26F6N4O4. The maximum atomic E-state index is 12.3. The molecule has 0 radical (unpaired) electrons. The molecule has 14 heteroatoms. The van der Waals surface area contributed by atoms with E-state index in [0.717, 1.165) is 9.80 Å². The van der Waals surface area contributed by atoms with E-state index in [1.54, 1.807) is 0 Å². The van der Waals surface area contributed by atoms with Gasteiger partial charge >= 0.3 is 12.4 Å². The average Bonchev–Trinajstić information content (AvgIpc) is 2.71. The molecule has 0 N–H and O–H groups in total. The molecule has 2 heterocycles. The van der Waals surface area contributed by atoms with Crippen LogP contribution in [0.25, 0.3) is 0 Å². The van der Waals surface area contributed by atoms with Gasteiger partial charge in [-0.3, -0.25) is 19.2 Å². The summed E-state index contributed by atoms with van der Waals surface area (Å²) < 4.78 is 73.9. The van der Waals surface area contributed by atoms with Crippen molar-refractivity contribution in [3.63, 3.8) is 0 Å². The summed E-state index contributed by atoms with van der Waals surface area (Å²) in [5, 5.41) is 0. The summed E-state index contributed by atoms with van der Waals surface area (Å²) in [5.41, 5.74) is 0. The SMILES string of the molecule is O=C(CCCC(=O)N1CCN(C(=O)CC(F)(F)F)CC1)N1CCN(C(=O)CC(F)(F)F)CC1. The lowest BCUT2D eigenvalue weighted by atomic mass is 10.1. The van der Waals surface area contributed by atoms with Gasteiger partial charge in [0, 0.05) is 65.2 Å². The maximum Gasteiger partial charge on any atom is 0.397 e. The molecule has 0 aromatic heterocycles. The second kappa shape index (κ2) is 11.1. The van der Waals surface area contributed by atoms with E-state index in [1.807, 2.05) is 0 Å². The maximum absolute atomic E-state index is 12.3. The Labute approximate surface area is 186 Å². The predicted molar refractivity (Wildman–Crippen MR) is 102 cm³/mol. The van der Waals surface area contributed by atoms with E-state index in [4.69, 9.17) is 0 Å². The predicted octanol–water partition coefficient (Wildman–Crippen LogP) is 1.40. The number of carbonyl (C=O) groups excluding carboxylic acids is 4. The molecule has 0 saturated carbocycles. The fourth-order valence-corrected chi connectivity index (χ4v) is 3.68. The van der Waals surface area contributed by atoms with Crippen molar-refractivity contribution in [2.24, 2.45) is 0 Å². The molecule has 8 nitrogen and oxygen atoms in total. The van der Waals surface area contributed by atoms with Crippen LogP contribution in [0.5, 0.6) is 0 Å². The molecule has 33 heavy (non-hydrogen) atoms. The summed E-state index contributed by atoms with van der Waals surface area (Å²) >= 11 is 0. The average molecular weight is 488 g/mol. The van der Waals surface area contributed by atoms with Gasteiger partial charge in [-0.05, 0) is 6.42 Å². The molecule has 0 aromatic rings. The first kappa shape index (κ1) is 26.7. The number of amides is 4.